The van der Waals surface area contributed by atoms with Crippen molar-refractivity contribution >= 4 is 31.3 Å². The largest absolute Gasteiger partial charge is 0.497 e. The van der Waals surface area contributed by atoms with Crippen molar-refractivity contribution in [3.63, 3.8) is 0 Å². The summed E-state index contributed by atoms with van der Waals surface area (Å²) in [4.78, 5) is 34.6. The summed E-state index contributed by atoms with van der Waals surface area (Å²) in [5, 5.41) is 14.9. The van der Waals surface area contributed by atoms with E-state index in [9.17, 15) is 14.7 Å². The van der Waals surface area contributed by atoms with E-state index in [-0.39, 0.29) is 30.5 Å². The molecule has 1 amide bonds. The Kier molecular flexibility index (Phi) is 13.4. The molecule has 0 spiro atoms. The Morgan fingerprint density at radius 3 is 1.93 bits per heavy atom. The van der Waals surface area contributed by atoms with E-state index in [2.05, 4.69) is 56.8 Å². The first-order valence-corrected chi connectivity index (χ1v) is 22.1. The number of imidazole rings is 1. The summed E-state index contributed by atoms with van der Waals surface area (Å²) >= 11 is 0. The van der Waals surface area contributed by atoms with Crippen molar-refractivity contribution in [1.82, 2.24) is 19.1 Å². The topological polar surface area (TPSA) is 157 Å². The van der Waals surface area contributed by atoms with Gasteiger partial charge in [-0.15, -0.1) is 0 Å². The Labute approximate surface area is 346 Å². The fourth-order valence-electron chi connectivity index (χ4n) is 8.76. The molecule has 3 heterocycles. The quantitative estimate of drug-likeness (QED) is 0.0571. The highest BCUT2D eigenvalue weighted by Crippen LogP contribution is 2.45. The van der Waals surface area contributed by atoms with Crippen LogP contribution in [-0.4, -0.2) is 84.4 Å². The molecule has 0 saturated carbocycles. The molecule has 1 aliphatic heterocycles. The molecule has 0 aliphatic carbocycles. The number of rotatable bonds is 17. The second-order valence-electron chi connectivity index (χ2n) is 15.9. The van der Waals surface area contributed by atoms with Gasteiger partial charge in [0.1, 0.15) is 42.2 Å². The maximum Gasteiger partial charge on any atom is 0.282 e. The van der Waals surface area contributed by atoms with Crippen molar-refractivity contribution in [1.29, 1.82) is 0 Å². The van der Waals surface area contributed by atoms with Crippen LogP contribution >= 0.6 is 0 Å². The number of aromatic nitrogens is 4. The van der Waals surface area contributed by atoms with Crippen molar-refractivity contribution in [2.75, 3.05) is 32.9 Å². The zero-order valence-corrected chi connectivity index (χ0v) is 36.5. The molecule has 1 aliphatic rings. The smallest absolute Gasteiger partial charge is 0.282 e. The highest BCUT2D eigenvalue weighted by atomic mass is 28.4. The summed E-state index contributed by atoms with van der Waals surface area (Å²) in [5.74, 6) is 0.998. The lowest BCUT2D eigenvalue weighted by molar-refractivity contribution is -0.114. The van der Waals surface area contributed by atoms with Crippen LogP contribution in [0, 0.1) is 0 Å². The first kappa shape index (κ1) is 43.7. The number of methoxy groups -OCH3 is 2. The summed E-state index contributed by atoms with van der Waals surface area (Å²) in [6.07, 6.45) is -2.80. The first-order chi connectivity index (χ1) is 28.2. The Bertz CT molecular complexity index is 2170. The van der Waals surface area contributed by atoms with Crippen molar-refractivity contribution in [3.05, 3.63) is 112 Å². The minimum Gasteiger partial charge on any atom is -0.497 e. The number of fused-ring (bicyclic) bond motifs is 1. The Morgan fingerprint density at radius 2 is 1.42 bits per heavy atom. The molecular formula is C44H57N5O9Si. The molecule has 316 valence electrons. The fraction of sp³-hybridized carbons (Fsp3) is 0.455. The normalized spacial score (nSPS) is 18.6. The number of amides is 1. The van der Waals surface area contributed by atoms with Crippen LogP contribution in [0.5, 0.6) is 11.5 Å². The van der Waals surface area contributed by atoms with Crippen LogP contribution < -0.4 is 20.3 Å². The molecule has 2 aromatic heterocycles. The number of carbonyl (C=O) groups excluding carboxylic acids is 1. The molecule has 15 heteroatoms. The zero-order valence-electron chi connectivity index (χ0n) is 35.5. The van der Waals surface area contributed by atoms with Crippen LogP contribution in [0.2, 0.25) is 16.6 Å². The van der Waals surface area contributed by atoms with Gasteiger partial charge in [-0.1, -0.05) is 96.1 Å². The lowest BCUT2D eigenvalue weighted by Crippen LogP contribution is -2.49. The van der Waals surface area contributed by atoms with Crippen LogP contribution in [0.3, 0.4) is 0 Å². The average molecular weight is 828 g/mol. The van der Waals surface area contributed by atoms with Gasteiger partial charge in [-0.05, 0) is 57.6 Å². The summed E-state index contributed by atoms with van der Waals surface area (Å²) in [5.41, 5.74) is 1.87. The van der Waals surface area contributed by atoms with Gasteiger partial charge in [0.25, 0.3) is 5.56 Å². The van der Waals surface area contributed by atoms with Crippen molar-refractivity contribution in [2.45, 2.75) is 95.2 Å². The van der Waals surface area contributed by atoms with E-state index in [1.807, 2.05) is 78.9 Å². The molecule has 0 unspecified atom stereocenters. The average Bonchev–Trinajstić information content (AvgIpc) is 3.78. The van der Waals surface area contributed by atoms with E-state index < -0.39 is 49.9 Å². The lowest BCUT2D eigenvalue weighted by atomic mass is 9.80. The second kappa shape index (κ2) is 18.2. The number of anilines is 1. The Hall–Kier alpha value is -4.90. The highest BCUT2D eigenvalue weighted by molar-refractivity contribution is 6.77. The molecule has 1 saturated heterocycles. The molecular weight excluding hydrogens is 771 g/mol. The molecule has 3 aromatic carbocycles. The van der Waals surface area contributed by atoms with E-state index >= 15 is 0 Å². The standard InChI is InChI=1S/C44H57N5O9Si/c1-27(2)59(28(3)4,29(5)6)57-26-55-39-38(51)36(58-42(39)49-25-45-37-40(49)47-43(46-30(7)50)48(8)41(37)52)24-56-44(31-14-12-11-13-15-31,32-16-20-34(53-9)21-17-32)33-18-22-35(54-10)23-19-33/h11-23,25,27-29,36,38-39,42,51H,24,26H2,1-10H3,(H,46,47,50)/t36-,38-,39-,42-/m1/s1. The summed E-state index contributed by atoms with van der Waals surface area (Å²) < 4.78 is 41.0. The van der Waals surface area contributed by atoms with Crippen LogP contribution in [-0.2, 0) is 36.1 Å². The van der Waals surface area contributed by atoms with Crippen LogP contribution in [0.1, 0.15) is 71.4 Å². The molecule has 4 atom stereocenters. The summed E-state index contributed by atoms with van der Waals surface area (Å²) in [6.45, 7) is 14.3. The summed E-state index contributed by atoms with van der Waals surface area (Å²) in [7, 11) is 2.36. The molecule has 1 fully saturated rings. The fourth-order valence-corrected chi connectivity index (χ4v) is 14.0. The van der Waals surface area contributed by atoms with Gasteiger partial charge in [0.2, 0.25) is 20.2 Å². The third-order valence-electron chi connectivity index (χ3n) is 11.6. The SMILES string of the molecule is COc1ccc(C(OC[C@H]2O[C@@H](n3cnc4c(=O)n(C)c(NC(C)=O)nc43)[C@H](OCO[Si](C(C)C)(C(C)C)C(C)C)[C@@H]2O)(c2ccccc2)c2ccc(OC)cc2)cc1. The van der Waals surface area contributed by atoms with E-state index in [4.69, 9.17) is 28.1 Å². The van der Waals surface area contributed by atoms with Gasteiger partial charge in [-0.2, -0.15) is 4.98 Å². The van der Waals surface area contributed by atoms with Crippen LogP contribution in [0.25, 0.3) is 11.2 Å². The van der Waals surface area contributed by atoms with E-state index in [0.29, 0.717) is 28.1 Å². The zero-order chi connectivity index (χ0) is 42.6. The lowest BCUT2D eigenvalue weighted by Gasteiger charge is -2.42. The number of aliphatic hydroxyl groups excluding tert-OH is 1. The van der Waals surface area contributed by atoms with Gasteiger partial charge >= 0.3 is 0 Å². The number of nitrogens with zero attached hydrogens (tertiary/aromatic N) is 4. The molecule has 0 bridgehead atoms. The minimum atomic E-state index is -2.38. The van der Waals surface area contributed by atoms with Crippen LogP contribution in [0.15, 0.2) is 90.0 Å². The number of aliphatic hydroxyl groups is 1. The maximum absolute atomic E-state index is 13.5. The maximum atomic E-state index is 13.5. The summed E-state index contributed by atoms with van der Waals surface area (Å²) in [6, 6.07) is 25.2. The Morgan fingerprint density at radius 1 is 0.881 bits per heavy atom. The predicted octanol–water partition coefficient (Wildman–Crippen LogP) is 6.91. The van der Waals surface area contributed by atoms with Gasteiger partial charge < -0.3 is 33.2 Å². The highest BCUT2D eigenvalue weighted by Gasteiger charge is 2.50. The third-order valence-corrected chi connectivity index (χ3v) is 17.6. The van der Waals surface area contributed by atoms with Crippen molar-refractivity contribution < 1.29 is 38.0 Å². The second-order valence-corrected chi connectivity index (χ2v) is 21.3. The molecule has 5 aromatic rings. The number of hydrogen-bond acceptors (Lipinski definition) is 11. The van der Waals surface area contributed by atoms with Gasteiger partial charge in [-0.3, -0.25) is 24.0 Å². The number of hydrogen-bond donors (Lipinski definition) is 2. The minimum absolute atomic E-state index is 0.0317. The first-order valence-electron chi connectivity index (χ1n) is 20.0. The van der Waals surface area contributed by atoms with E-state index in [1.54, 1.807) is 18.8 Å². The van der Waals surface area contributed by atoms with Crippen molar-refractivity contribution in [3.8, 4) is 11.5 Å². The van der Waals surface area contributed by atoms with Gasteiger partial charge in [0.05, 0.1) is 27.2 Å². The van der Waals surface area contributed by atoms with Crippen LogP contribution in [0.4, 0.5) is 5.95 Å². The van der Waals surface area contributed by atoms with Gasteiger partial charge in [-0.25, -0.2) is 4.98 Å². The third kappa shape index (κ3) is 8.32. The number of benzene rings is 3. The molecule has 59 heavy (non-hydrogen) atoms. The molecule has 0 radical (unpaired) electrons. The van der Waals surface area contributed by atoms with E-state index in [1.165, 1.54) is 24.9 Å². The van der Waals surface area contributed by atoms with Gasteiger partial charge in [0.15, 0.2) is 17.4 Å². The number of nitrogens with one attached hydrogen (secondary N) is 1. The number of ether oxygens (including phenoxy) is 5. The Balaban J connectivity index is 1.43. The van der Waals surface area contributed by atoms with Crippen molar-refractivity contribution in [2.24, 2.45) is 7.05 Å². The number of carbonyl (C=O) groups is 1. The van der Waals surface area contributed by atoms with E-state index in [0.717, 1.165) is 16.7 Å². The van der Waals surface area contributed by atoms with Gasteiger partial charge in [0, 0.05) is 14.0 Å². The molecule has 6 rings (SSSR count). The molecule has 2 N–H and O–H groups in total. The predicted molar refractivity (Wildman–Crippen MR) is 227 cm³/mol. The molecule has 14 nitrogen and oxygen atoms in total. The monoisotopic (exact) mass is 827 g/mol.